The van der Waals surface area contributed by atoms with Crippen LogP contribution in [0.3, 0.4) is 0 Å². The van der Waals surface area contributed by atoms with Crippen LogP contribution in [0, 0.1) is 11.6 Å². The van der Waals surface area contributed by atoms with Gasteiger partial charge in [0.15, 0.2) is 0 Å². The molecule has 0 saturated carbocycles. The zero-order chi connectivity index (χ0) is 23.2. The number of carbonyl (C=O) groups excluding carboxylic acids is 2. The first kappa shape index (κ1) is 21.7. The van der Waals surface area contributed by atoms with Crippen LogP contribution in [0.15, 0.2) is 97.1 Å². The number of anilines is 2. The van der Waals surface area contributed by atoms with Gasteiger partial charge in [0.05, 0.1) is 0 Å². The number of rotatable bonds is 6. The largest absolute Gasteiger partial charge is 0.457 e. The Kier molecular flexibility index (Phi) is 6.40. The second-order valence-corrected chi connectivity index (χ2v) is 7.07. The fourth-order valence-electron chi connectivity index (χ4n) is 2.96. The van der Waals surface area contributed by atoms with Crippen LogP contribution in [0.2, 0.25) is 0 Å². The predicted molar refractivity (Wildman–Crippen MR) is 122 cm³/mol. The summed E-state index contributed by atoms with van der Waals surface area (Å²) in [5.41, 5.74) is 1.81. The molecule has 2 amide bonds. The van der Waals surface area contributed by atoms with Crippen molar-refractivity contribution in [3.05, 3.63) is 120 Å². The van der Waals surface area contributed by atoms with Gasteiger partial charge in [0.2, 0.25) is 0 Å². The van der Waals surface area contributed by atoms with E-state index in [1.807, 2.05) is 0 Å². The molecule has 4 aromatic rings. The third kappa shape index (κ3) is 5.80. The predicted octanol–water partition coefficient (Wildman–Crippen LogP) is 6.26. The van der Waals surface area contributed by atoms with E-state index < -0.39 is 0 Å². The molecule has 0 aliphatic rings. The summed E-state index contributed by atoms with van der Waals surface area (Å²) >= 11 is 0. The smallest absolute Gasteiger partial charge is 0.255 e. The van der Waals surface area contributed by atoms with Crippen molar-refractivity contribution in [3.63, 3.8) is 0 Å². The standard InChI is InChI=1S/C26H18F2N2O3/c27-19-5-9-21(10-6-19)29-25(31)17-1-13-23(14-2-17)33-24-15-3-18(4-16-24)26(32)30-22-11-7-20(28)8-12-22/h1-16H,(H,29,31)(H,30,32). The number of amides is 2. The summed E-state index contributed by atoms with van der Waals surface area (Å²) in [6.07, 6.45) is 0. The van der Waals surface area contributed by atoms with E-state index in [9.17, 15) is 18.4 Å². The van der Waals surface area contributed by atoms with Crippen LogP contribution in [0.5, 0.6) is 11.5 Å². The van der Waals surface area contributed by atoms with E-state index >= 15 is 0 Å². The van der Waals surface area contributed by atoms with E-state index in [2.05, 4.69) is 10.6 Å². The first-order valence-corrected chi connectivity index (χ1v) is 9.98. The quantitative estimate of drug-likeness (QED) is 0.369. The maximum atomic E-state index is 13.0. The van der Waals surface area contributed by atoms with E-state index in [1.54, 1.807) is 48.5 Å². The van der Waals surface area contributed by atoms with Gasteiger partial charge >= 0.3 is 0 Å². The molecular weight excluding hydrogens is 426 g/mol. The first-order chi connectivity index (χ1) is 16.0. The van der Waals surface area contributed by atoms with Crippen molar-refractivity contribution < 1.29 is 23.1 Å². The second kappa shape index (κ2) is 9.74. The van der Waals surface area contributed by atoms with Crippen LogP contribution < -0.4 is 15.4 Å². The van der Waals surface area contributed by atoms with E-state index in [0.29, 0.717) is 34.0 Å². The number of carbonyl (C=O) groups is 2. The van der Waals surface area contributed by atoms with Crippen LogP contribution in [0.4, 0.5) is 20.2 Å². The summed E-state index contributed by atoms with van der Waals surface area (Å²) in [5, 5.41) is 5.38. The number of nitrogens with one attached hydrogen (secondary N) is 2. The van der Waals surface area contributed by atoms with Gasteiger partial charge in [0.1, 0.15) is 23.1 Å². The molecular formula is C26H18F2N2O3. The first-order valence-electron chi connectivity index (χ1n) is 9.98. The lowest BCUT2D eigenvalue weighted by molar-refractivity contribution is 0.101. The van der Waals surface area contributed by atoms with Crippen molar-refractivity contribution in [3.8, 4) is 11.5 Å². The zero-order valence-corrected chi connectivity index (χ0v) is 17.2. The maximum Gasteiger partial charge on any atom is 0.255 e. The van der Waals surface area contributed by atoms with Gasteiger partial charge in [0, 0.05) is 22.5 Å². The van der Waals surface area contributed by atoms with Crippen molar-refractivity contribution in [2.45, 2.75) is 0 Å². The highest BCUT2D eigenvalue weighted by atomic mass is 19.1. The van der Waals surface area contributed by atoms with E-state index in [-0.39, 0.29) is 23.4 Å². The molecule has 4 aromatic carbocycles. The molecule has 2 N–H and O–H groups in total. The molecule has 164 valence electrons. The SMILES string of the molecule is O=C(Nc1ccc(F)cc1)c1ccc(Oc2ccc(C(=O)Nc3ccc(F)cc3)cc2)cc1. The van der Waals surface area contributed by atoms with Crippen molar-refractivity contribution >= 4 is 23.2 Å². The Hall–Kier alpha value is -4.52. The Morgan fingerprint density at radius 2 is 0.848 bits per heavy atom. The maximum absolute atomic E-state index is 13.0. The van der Waals surface area contributed by atoms with Crippen LogP contribution in [0.25, 0.3) is 0 Å². The Morgan fingerprint density at radius 1 is 0.515 bits per heavy atom. The third-order valence-corrected chi connectivity index (χ3v) is 4.67. The molecule has 0 unspecified atom stereocenters. The van der Waals surface area contributed by atoms with Gasteiger partial charge in [-0.2, -0.15) is 0 Å². The Morgan fingerprint density at radius 3 is 1.18 bits per heavy atom. The fourth-order valence-corrected chi connectivity index (χ4v) is 2.96. The lowest BCUT2D eigenvalue weighted by Gasteiger charge is -2.09. The van der Waals surface area contributed by atoms with Crippen LogP contribution in [0.1, 0.15) is 20.7 Å². The van der Waals surface area contributed by atoms with Gasteiger partial charge in [-0.1, -0.05) is 0 Å². The number of hydrogen-bond donors (Lipinski definition) is 2. The van der Waals surface area contributed by atoms with Crippen LogP contribution >= 0.6 is 0 Å². The minimum absolute atomic E-state index is 0.329. The molecule has 0 aliphatic carbocycles. The van der Waals surface area contributed by atoms with Gasteiger partial charge in [-0.3, -0.25) is 9.59 Å². The Labute approximate surface area is 188 Å². The Bertz CT molecular complexity index is 1150. The van der Waals surface area contributed by atoms with Gasteiger partial charge in [-0.15, -0.1) is 0 Å². The van der Waals surface area contributed by atoms with Crippen LogP contribution in [-0.4, -0.2) is 11.8 Å². The fraction of sp³-hybridized carbons (Fsp3) is 0. The van der Waals surface area contributed by atoms with Crippen molar-refractivity contribution in [1.29, 1.82) is 0 Å². The molecule has 0 aromatic heterocycles. The molecule has 0 heterocycles. The summed E-state index contributed by atoms with van der Waals surface area (Å²) in [7, 11) is 0. The van der Waals surface area contributed by atoms with Gasteiger partial charge < -0.3 is 15.4 Å². The highest BCUT2D eigenvalue weighted by Crippen LogP contribution is 2.23. The van der Waals surface area contributed by atoms with Gasteiger partial charge in [-0.05, 0) is 97.1 Å². The lowest BCUT2D eigenvalue weighted by Crippen LogP contribution is -2.11. The average molecular weight is 444 g/mol. The van der Waals surface area contributed by atoms with E-state index in [0.717, 1.165) is 0 Å². The molecule has 0 fully saturated rings. The molecule has 4 rings (SSSR count). The topological polar surface area (TPSA) is 67.4 Å². The molecule has 0 bridgehead atoms. The van der Waals surface area contributed by atoms with E-state index in [1.165, 1.54) is 48.5 Å². The monoisotopic (exact) mass is 444 g/mol. The van der Waals surface area contributed by atoms with Crippen molar-refractivity contribution in [2.75, 3.05) is 10.6 Å². The molecule has 7 heteroatoms. The van der Waals surface area contributed by atoms with Gasteiger partial charge in [-0.25, -0.2) is 8.78 Å². The number of hydrogen-bond acceptors (Lipinski definition) is 3. The molecule has 33 heavy (non-hydrogen) atoms. The molecule has 0 atom stereocenters. The van der Waals surface area contributed by atoms with Crippen molar-refractivity contribution in [2.24, 2.45) is 0 Å². The molecule has 0 aliphatic heterocycles. The molecule has 0 radical (unpaired) electrons. The minimum atomic E-state index is -0.379. The third-order valence-electron chi connectivity index (χ3n) is 4.67. The second-order valence-electron chi connectivity index (χ2n) is 7.07. The van der Waals surface area contributed by atoms with Crippen molar-refractivity contribution in [1.82, 2.24) is 0 Å². The highest BCUT2D eigenvalue weighted by molar-refractivity contribution is 6.05. The number of halogens is 2. The normalized spacial score (nSPS) is 10.4. The molecule has 5 nitrogen and oxygen atoms in total. The summed E-state index contributed by atoms with van der Waals surface area (Å²) in [6.45, 7) is 0. The van der Waals surface area contributed by atoms with Crippen LogP contribution in [-0.2, 0) is 0 Å². The number of ether oxygens (including phenoxy) is 1. The summed E-state index contributed by atoms with van der Waals surface area (Å²) in [6, 6.07) is 24.0. The Balaban J connectivity index is 1.34. The highest BCUT2D eigenvalue weighted by Gasteiger charge is 2.09. The summed E-state index contributed by atoms with van der Waals surface area (Å²) in [4.78, 5) is 24.6. The average Bonchev–Trinajstić information content (AvgIpc) is 2.83. The number of benzene rings is 4. The molecule has 0 spiro atoms. The summed E-state index contributed by atoms with van der Waals surface area (Å²) in [5.74, 6) is -0.393. The summed E-state index contributed by atoms with van der Waals surface area (Å²) < 4.78 is 31.7. The lowest BCUT2D eigenvalue weighted by atomic mass is 10.2. The zero-order valence-electron chi connectivity index (χ0n) is 17.2. The minimum Gasteiger partial charge on any atom is -0.457 e. The molecule has 0 saturated heterocycles. The van der Waals surface area contributed by atoms with Gasteiger partial charge in [0.25, 0.3) is 11.8 Å². The van der Waals surface area contributed by atoms with E-state index in [4.69, 9.17) is 4.74 Å².